The Labute approximate surface area is 194 Å². The van der Waals surface area contributed by atoms with Crippen LogP contribution in [-0.2, 0) is 14.3 Å². The third-order valence-electron chi connectivity index (χ3n) is 6.85. The minimum atomic E-state index is -0.940. The molecule has 3 heterocycles. The summed E-state index contributed by atoms with van der Waals surface area (Å²) in [5.74, 6) is -0.753. The van der Waals surface area contributed by atoms with Crippen LogP contribution in [0.2, 0.25) is 0 Å². The Morgan fingerprint density at radius 1 is 1.00 bits per heavy atom. The quantitative estimate of drug-likeness (QED) is 0.697. The van der Waals surface area contributed by atoms with Crippen molar-refractivity contribution in [2.24, 2.45) is 5.41 Å². The fraction of sp³-hybridized carbons (Fsp3) is 0.640. The van der Waals surface area contributed by atoms with Gasteiger partial charge in [-0.1, -0.05) is 20.8 Å². The van der Waals surface area contributed by atoms with E-state index in [-0.39, 0.29) is 29.7 Å². The molecule has 0 radical (unpaired) electrons. The molecule has 0 aromatic heterocycles. The van der Waals surface area contributed by atoms with Gasteiger partial charge in [-0.25, -0.2) is 4.39 Å². The minimum Gasteiger partial charge on any atom is -0.353 e. The zero-order chi connectivity index (χ0) is 23.8. The number of nitrogens with zero attached hydrogens (tertiary/aromatic N) is 3. The maximum atomic E-state index is 13.6. The van der Waals surface area contributed by atoms with Crippen LogP contribution in [-0.4, -0.2) is 77.0 Å². The second-order valence-corrected chi connectivity index (χ2v) is 10.6. The summed E-state index contributed by atoms with van der Waals surface area (Å²) < 4.78 is 19.7. The standard InChI is InChI=1S/C25H34FN3O4/c1-24(2,3)16-21(30)27-14-10-25(11-15-27)29(22(31)18-6-8-19(26)9-7-18)20(17-33-25)23(32)28-12-4-5-13-28/h6-9,20H,4-5,10-17H2,1-3H3/t20-/m0/s1. The van der Waals surface area contributed by atoms with Gasteiger partial charge in [0, 0.05) is 51.0 Å². The average molecular weight is 460 g/mol. The molecule has 3 aliphatic rings. The highest BCUT2D eigenvalue weighted by Crippen LogP contribution is 2.39. The Bertz CT molecular complexity index is 897. The number of halogens is 1. The molecule has 1 atom stereocenters. The number of carbonyl (C=O) groups is 3. The van der Waals surface area contributed by atoms with Gasteiger partial charge >= 0.3 is 0 Å². The molecule has 4 rings (SSSR count). The number of benzene rings is 1. The molecule has 0 aliphatic carbocycles. The van der Waals surface area contributed by atoms with Crippen molar-refractivity contribution in [2.75, 3.05) is 32.8 Å². The molecule has 3 aliphatic heterocycles. The van der Waals surface area contributed by atoms with E-state index < -0.39 is 17.6 Å². The first-order valence-corrected chi connectivity index (χ1v) is 11.9. The van der Waals surface area contributed by atoms with Crippen molar-refractivity contribution in [3.8, 4) is 0 Å². The first-order chi connectivity index (χ1) is 15.6. The van der Waals surface area contributed by atoms with E-state index in [2.05, 4.69) is 0 Å². The van der Waals surface area contributed by atoms with Crippen molar-refractivity contribution in [2.45, 2.75) is 64.6 Å². The van der Waals surface area contributed by atoms with Crippen LogP contribution in [0, 0.1) is 11.2 Å². The SMILES string of the molecule is CC(C)(C)CC(=O)N1CCC2(CC1)OC[C@@H](C(=O)N1CCCC1)N2C(=O)c1ccc(F)cc1. The summed E-state index contributed by atoms with van der Waals surface area (Å²) in [5.41, 5.74) is -0.718. The van der Waals surface area contributed by atoms with Crippen molar-refractivity contribution < 1.29 is 23.5 Å². The van der Waals surface area contributed by atoms with Gasteiger partial charge in [0.05, 0.1) is 6.61 Å². The molecule has 3 fully saturated rings. The molecule has 3 amide bonds. The third-order valence-corrected chi connectivity index (χ3v) is 6.85. The molecule has 7 nitrogen and oxygen atoms in total. The first kappa shape index (κ1) is 23.7. The van der Waals surface area contributed by atoms with E-state index in [0.29, 0.717) is 51.0 Å². The van der Waals surface area contributed by atoms with Gasteiger partial charge in [-0.15, -0.1) is 0 Å². The maximum absolute atomic E-state index is 13.6. The first-order valence-electron chi connectivity index (χ1n) is 11.9. The van der Waals surface area contributed by atoms with Gasteiger partial charge in [0.2, 0.25) is 11.8 Å². The van der Waals surface area contributed by atoms with Gasteiger partial charge in [0.1, 0.15) is 17.6 Å². The highest BCUT2D eigenvalue weighted by molar-refractivity contribution is 5.98. The van der Waals surface area contributed by atoms with E-state index in [1.54, 1.807) is 9.80 Å². The minimum absolute atomic E-state index is 0.0916. The summed E-state index contributed by atoms with van der Waals surface area (Å²) in [4.78, 5) is 44.9. The third kappa shape index (κ3) is 4.90. The zero-order valence-corrected chi connectivity index (χ0v) is 19.8. The number of rotatable bonds is 3. The number of hydrogen-bond acceptors (Lipinski definition) is 4. The van der Waals surface area contributed by atoms with Gasteiger partial charge in [-0.2, -0.15) is 0 Å². The number of carbonyl (C=O) groups excluding carboxylic acids is 3. The van der Waals surface area contributed by atoms with Crippen molar-refractivity contribution in [1.29, 1.82) is 0 Å². The number of likely N-dealkylation sites (tertiary alicyclic amines) is 2. The van der Waals surface area contributed by atoms with Crippen molar-refractivity contribution in [3.05, 3.63) is 35.6 Å². The molecule has 1 aromatic carbocycles. The predicted molar refractivity (Wildman–Crippen MR) is 121 cm³/mol. The normalized spacial score (nSPS) is 22.8. The largest absolute Gasteiger partial charge is 0.353 e. The number of hydrogen-bond donors (Lipinski definition) is 0. The smallest absolute Gasteiger partial charge is 0.256 e. The van der Waals surface area contributed by atoms with Crippen LogP contribution in [0.5, 0.6) is 0 Å². The van der Waals surface area contributed by atoms with Crippen LogP contribution in [0.3, 0.4) is 0 Å². The van der Waals surface area contributed by atoms with Gasteiger partial charge in [0.15, 0.2) is 0 Å². The highest BCUT2D eigenvalue weighted by atomic mass is 19.1. The second kappa shape index (κ2) is 9.05. The van der Waals surface area contributed by atoms with E-state index in [4.69, 9.17) is 4.74 Å². The summed E-state index contributed by atoms with van der Waals surface area (Å²) in [6, 6.07) is 4.69. The average Bonchev–Trinajstić information content (AvgIpc) is 3.41. The van der Waals surface area contributed by atoms with Gasteiger partial charge < -0.3 is 14.5 Å². The van der Waals surface area contributed by atoms with Crippen LogP contribution >= 0.6 is 0 Å². The zero-order valence-electron chi connectivity index (χ0n) is 19.8. The number of ether oxygens (including phenoxy) is 1. The molecule has 0 N–H and O–H groups in total. The number of piperidine rings is 1. The van der Waals surface area contributed by atoms with Gasteiger partial charge in [-0.3, -0.25) is 19.3 Å². The Morgan fingerprint density at radius 3 is 2.18 bits per heavy atom. The van der Waals surface area contributed by atoms with Crippen LogP contribution < -0.4 is 0 Å². The lowest BCUT2D eigenvalue weighted by molar-refractivity contribution is -0.146. The molecule has 0 bridgehead atoms. The van der Waals surface area contributed by atoms with Crippen molar-refractivity contribution in [3.63, 3.8) is 0 Å². The maximum Gasteiger partial charge on any atom is 0.256 e. The lowest BCUT2D eigenvalue weighted by atomic mass is 9.90. The monoisotopic (exact) mass is 459 g/mol. The Balaban J connectivity index is 1.57. The molecule has 1 aromatic rings. The summed E-state index contributed by atoms with van der Waals surface area (Å²) in [6.07, 6.45) is 3.26. The van der Waals surface area contributed by atoms with E-state index in [1.807, 2.05) is 25.7 Å². The summed E-state index contributed by atoms with van der Waals surface area (Å²) in [7, 11) is 0. The Hall–Kier alpha value is -2.48. The topological polar surface area (TPSA) is 70.2 Å². The highest BCUT2D eigenvalue weighted by Gasteiger charge is 2.55. The van der Waals surface area contributed by atoms with Crippen LogP contribution in [0.4, 0.5) is 4.39 Å². The van der Waals surface area contributed by atoms with Crippen LogP contribution in [0.25, 0.3) is 0 Å². The molecule has 180 valence electrons. The molecular weight excluding hydrogens is 425 g/mol. The second-order valence-electron chi connectivity index (χ2n) is 10.6. The fourth-order valence-corrected chi connectivity index (χ4v) is 5.11. The fourth-order valence-electron chi connectivity index (χ4n) is 5.11. The van der Waals surface area contributed by atoms with Crippen molar-refractivity contribution >= 4 is 17.7 Å². The van der Waals surface area contributed by atoms with E-state index in [0.717, 1.165) is 12.8 Å². The summed E-state index contributed by atoms with van der Waals surface area (Å²) in [5, 5.41) is 0. The molecule has 3 saturated heterocycles. The lowest BCUT2D eigenvalue weighted by Gasteiger charge is -2.45. The Morgan fingerprint density at radius 2 is 1.61 bits per heavy atom. The van der Waals surface area contributed by atoms with Gasteiger partial charge in [-0.05, 0) is 42.5 Å². The van der Waals surface area contributed by atoms with Crippen LogP contribution in [0.15, 0.2) is 24.3 Å². The lowest BCUT2D eigenvalue weighted by Crippen LogP contribution is -2.60. The number of amides is 3. The summed E-state index contributed by atoms with van der Waals surface area (Å²) in [6.45, 7) is 8.56. The van der Waals surface area contributed by atoms with E-state index in [1.165, 1.54) is 24.3 Å². The molecule has 1 spiro atoms. The van der Waals surface area contributed by atoms with Gasteiger partial charge in [0.25, 0.3) is 5.91 Å². The summed E-state index contributed by atoms with van der Waals surface area (Å²) >= 11 is 0. The molecular formula is C25H34FN3O4. The Kier molecular flexibility index (Phi) is 6.49. The van der Waals surface area contributed by atoms with E-state index >= 15 is 0 Å². The van der Waals surface area contributed by atoms with Crippen LogP contribution in [0.1, 0.15) is 63.2 Å². The molecule has 0 unspecified atom stereocenters. The molecule has 33 heavy (non-hydrogen) atoms. The van der Waals surface area contributed by atoms with E-state index in [9.17, 15) is 18.8 Å². The molecule has 0 saturated carbocycles. The molecule has 8 heteroatoms. The predicted octanol–water partition coefficient (Wildman–Crippen LogP) is 3.04. The van der Waals surface area contributed by atoms with Crippen molar-refractivity contribution in [1.82, 2.24) is 14.7 Å².